The minimum atomic E-state index is 0.0848. The molecule has 2 rings (SSSR count). The second-order valence-electron chi connectivity index (χ2n) is 4.68. The molecule has 100 valence electrons. The van der Waals surface area contributed by atoms with Crippen molar-refractivity contribution in [3.8, 4) is 0 Å². The molecule has 0 aliphatic carbocycles. The number of aryl methyl sites for hydroxylation is 1. The van der Waals surface area contributed by atoms with Crippen LogP contribution in [0.2, 0.25) is 0 Å². The first-order valence-electron chi connectivity index (χ1n) is 6.41. The molecule has 0 saturated carbocycles. The van der Waals surface area contributed by atoms with Gasteiger partial charge in [-0.25, -0.2) is 0 Å². The van der Waals surface area contributed by atoms with Crippen LogP contribution >= 0.6 is 0 Å². The van der Waals surface area contributed by atoms with Gasteiger partial charge in [-0.15, -0.1) is 0 Å². The molecule has 1 aromatic rings. The van der Waals surface area contributed by atoms with E-state index in [9.17, 15) is 4.79 Å². The monoisotopic (exact) mass is 251 g/mol. The molecule has 0 aromatic carbocycles. The highest BCUT2D eigenvalue weighted by atomic mass is 16.2. The van der Waals surface area contributed by atoms with Crippen molar-refractivity contribution in [1.29, 1.82) is 0 Å². The summed E-state index contributed by atoms with van der Waals surface area (Å²) in [4.78, 5) is 16.4. The number of hydrogen-bond acceptors (Lipinski definition) is 4. The van der Waals surface area contributed by atoms with Crippen LogP contribution in [-0.2, 0) is 7.05 Å². The third-order valence-electron chi connectivity index (χ3n) is 3.29. The maximum absolute atomic E-state index is 12.2. The van der Waals surface area contributed by atoms with Crippen LogP contribution in [0.3, 0.4) is 0 Å². The highest BCUT2D eigenvalue weighted by Gasteiger charge is 2.22. The van der Waals surface area contributed by atoms with Crippen LogP contribution in [0.1, 0.15) is 16.8 Å². The summed E-state index contributed by atoms with van der Waals surface area (Å²) < 4.78 is 1.66. The summed E-state index contributed by atoms with van der Waals surface area (Å²) in [5, 5.41) is 4.03. The predicted octanol–water partition coefficient (Wildman–Crippen LogP) is -0.473. The Hall–Kier alpha value is -1.40. The average molecular weight is 251 g/mol. The van der Waals surface area contributed by atoms with E-state index in [0.717, 1.165) is 45.7 Å². The zero-order valence-electron chi connectivity index (χ0n) is 10.9. The first-order chi connectivity index (χ1) is 8.70. The van der Waals surface area contributed by atoms with E-state index >= 15 is 0 Å². The maximum Gasteiger partial charge on any atom is 0.257 e. The lowest BCUT2D eigenvalue weighted by Crippen LogP contribution is -2.49. The molecule has 1 saturated heterocycles. The first kappa shape index (κ1) is 13.0. The second kappa shape index (κ2) is 5.97. The number of nitrogens with two attached hydrogens (primary N) is 1. The van der Waals surface area contributed by atoms with Crippen molar-refractivity contribution in [2.24, 2.45) is 12.8 Å². The summed E-state index contributed by atoms with van der Waals surface area (Å²) in [5.74, 6) is 0.0848. The molecule has 0 bridgehead atoms. The van der Waals surface area contributed by atoms with Crippen molar-refractivity contribution in [2.45, 2.75) is 6.42 Å². The molecule has 1 aromatic heterocycles. The van der Waals surface area contributed by atoms with Crippen molar-refractivity contribution in [1.82, 2.24) is 19.6 Å². The normalized spacial score (nSPS) is 17.1. The Bertz CT molecular complexity index is 395. The van der Waals surface area contributed by atoms with Gasteiger partial charge in [0.2, 0.25) is 0 Å². The van der Waals surface area contributed by atoms with Crippen molar-refractivity contribution in [3.63, 3.8) is 0 Å². The highest BCUT2D eigenvalue weighted by molar-refractivity contribution is 5.93. The summed E-state index contributed by atoms with van der Waals surface area (Å²) in [6, 6.07) is 0. The minimum absolute atomic E-state index is 0.0848. The van der Waals surface area contributed by atoms with E-state index in [1.54, 1.807) is 17.1 Å². The van der Waals surface area contributed by atoms with E-state index in [1.807, 2.05) is 11.9 Å². The molecule has 0 radical (unpaired) electrons. The van der Waals surface area contributed by atoms with Gasteiger partial charge < -0.3 is 10.6 Å². The standard InChI is InChI=1S/C12H21N5O/c1-15-10-11(9-14-15)12(18)17-7-5-16(6-8-17)4-2-3-13/h9-10H,2-8,13H2,1H3. The zero-order chi connectivity index (χ0) is 13.0. The number of aromatic nitrogens is 2. The van der Waals surface area contributed by atoms with E-state index < -0.39 is 0 Å². The molecule has 6 heteroatoms. The fourth-order valence-electron chi connectivity index (χ4n) is 2.20. The number of carbonyl (C=O) groups excluding carboxylic acids is 1. The second-order valence-corrected chi connectivity index (χ2v) is 4.68. The van der Waals surface area contributed by atoms with Gasteiger partial charge in [0.1, 0.15) is 0 Å². The fraction of sp³-hybridized carbons (Fsp3) is 0.667. The Morgan fingerprint density at radius 3 is 2.67 bits per heavy atom. The lowest BCUT2D eigenvalue weighted by atomic mass is 10.2. The third-order valence-corrected chi connectivity index (χ3v) is 3.29. The highest BCUT2D eigenvalue weighted by Crippen LogP contribution is 2.08. The van der Waals surface area contributed by atoms with Crippen LogP contribution in [0.25, 0.3) is 0 Å². The van der Waals surface area contributed by atoms with E-state index in [-0.39, 0.29) is 5.91 Å². The predicted molar refractivity (Wildman–Crippen MR) is 69.2 cm³/mol. The van der Waals surface area contributed by atoms with Gasteiger partial charge in [0.25, 0.3) is 5.91 Å². The van der Waals surface area contributed by atoms with Crippen molar-refractivity contribution < 1.29 is 4.79 Å². The van der Waals surface area contributed by atoms with E-state index in [1.165, 1.54) is 0 Å². The van der Waals surface area contributed by atoms with E-state index in [4.69, 9.17) is 5.73 Å². The molecule has 1 fully saturated rings. The molecule has 1 aliphatic heterocycles. The molecule has 18 heavy (non-hydrogen) atoms. The first-order valence-corrected chi connectivity index (χ1v) is 6.41. The number of nitrogens with zero attached hydrogens (tertiary/aromatic N) is 4. The number of rotatable bonds is 4. The molecular formula is C12H21N5O. The Balaban J connectivity index is 1.84. The lowest BCUT2D eigenvalue weighted by Gasteiger charge is -2.34. The Labute approximate surface area is 107 Å². The maximum atomic E-state index is 12.2. The Morgan fingerprint density at radius 2 is 2.11 bits per heavy atom. The van der Waals surface area contributed by atoms with Crippen LogP contribution in [0.15, 0.2) is 12.4 Å². The van der Waals surface area contributed by atoms with Gasteiger partial charge in [0, 0.05) is 39.4 Å². The minimum Gasteiger partial charge on any atom is -0.336 e. The van der Waals surface area contributed by atoms with Crippen LogP contribution in [-0.4, -0.2) is 64.8 Å². The van der Waals surface area contributed by atoms with Gasteiger partial charge in [-0.3, -0.25) is 14.4 Å². The van der Waals surface area contributed by atoms with Crippen molar-refractivity contribution >= 4 is 5.91 Å². The van der Waals surface area contributed by atoms with Crippen LogP contribution < -0.4 is 5.73 Å². The van der Waals surface area contributed by atoms with Gasteiger partial charge >= 0.3 is 0 Å². The quantitative estimate of drug-likeness (QED) is 0.785. The van der Waals surface area contributed by atoms with Gasteiger partial charge in [0.05, 0.1) is 11.8 Å². The summed E-state index contributed by atoms with van der Waals surface area (Å²) >= 11 is 0. The van der Waals surface area contributed by atoms with Gasteiger partial charge in [-0.2, -0.15) is 5.10 Å². The largest absolute Gasteiger partial charge is 0.336 e. The van der Waals surface area contributed by atoms with Crippen LogP contribution in [0, 0.1) is 0 Å². The summed E-state index contributed by atoms with van der Waals surface area (Å²) in [7, 11) is 1.82. The van der Waals surface area contributed by atoms with Gasteiger partial charge in [-0.05, 0) is 19.5 Å². The van der Waals surface area contributed by atoms with Gasteiger partial charge in [-0.1, -0.05) is 0 Å². The van der Waals surface area contributed by atoms with Crippen LogP contribution in [0.4, 0.5) is 0 Å². The van der Waals surface area contributed by atoms with E-state index in [0.29, 0.717) is 5.56 Å². The number of piperazine rings is 1. The lowest BCUT2D eigenvalue weighted by molar-refractivity contribution is 0.0636. The molecule has 1 aliphatic rings. The summed E-state index contributed by atoms with van der Waals surface area (Å²) in [6.07, 6.45) is 4.42. The zero-order valence-corrected chi connectivity index (χ0v) is 10.9. The Kier molecular flexibility index (Phi) is 4.33. The number of carbonyl (C=O) groups is 1. The van der Waals surface area contributed by atoms with E-state index in [2.05, 4.69) is 10.00 Å². The molecule has 0 atom stereocenters. The third kappa shape index (κ3) is 3.08. The Morgan fingerprint density at radius 1 is 1.39 bits per heavy atom. The molecule has 1 amide bonds. The molecule has 0 unspecified atom stereocenters. The topological polar surface area (TPSA) is 67.4 Å². The number of hydrogen-bond donors (Lipinski definition) is 1. The molecule has 2 N–H and O–H groups in total. The summed E-state index contributed by atoms with van der Waals surface area (Å²) in [5.41, 5.74) is 6.17. The summed E-state index contributed by atoms with van der Waals surface area (Å²) in [6.45, 7) is 5.22. The van der Waals surface area contributed by atoms with Gasteiger partial charge in [0.15, 0.2) is 0 Å². The van der Waals surface area contributed by atoms with Crippen molar-refractivity contribution in [2.75, 3.05) is 39.3 Å². The smallest absolute Gasteiger partial charge is 0.257 e. The molecule has 0 spiro atoms. The van der Waals surface area contributed by atoms with Crippen molar-refractivity contribution in [3.05, 3.63) is 18.0 Å². The molecule has 6 nitrogen and oxygen atoms in total. The molecule has 2 heterocycles. The molecular weight excluding hydrogens is 230 g/mol. The number of amides is 1. The van der Waals surface area contributed by atoms with Crippen LogP contribution in [0.5, 0.6) is 0 Å². The fourth-order valence-corrected chi connectivity index (χ4v) is 2.20. The average Bonchev–Trinajstić information content (AvgIpc) is 2.83. The SMILES string of the molecule is Cn1cc(C(=O)N2CCN(CCCN)CC2)cn1.